The monoisotopic (exact) mass is 551 g/mol. The molecular formula is C25H18BrN3O7. The minimum atomic E-state index is -1.14. The van der Waals surface area contributed by atoms with Gasteiger partial charge in [0.05, 0.1) is 22.1 Å². The summed E-state index contributed by atoms with van der Waals surface area (Å²) >= 11 is 3.40. The SMILES string of the molecule is COc1cc(/C=C(/C#N)C(=O)Nc2cccc(C(=O)O)c2)cc(Br)c1OCc1ccc([N+](=O)[O-])cc1. The number of hydrogen-bond donors (Lipinski definition) is 2. The first-order chi connectivity index (χ1) is 17.2. The highest BCUT2D eigenvalue weighted by Gasteiger charge is 2.15. The molecule has 0 saturated carbocycles. The smallest absolute Gasteiger partial charge is 0.335 e. The van der Waals surface area contributed by atoms with Crippen molar-refractivity contribution in [2.24, 2.45) is 0 Å². The van der Waals surface area contributed by atoms with Crippen LogP contribution >= 0.6 is 15.9 Å². The molecule has 0 heterocycles. The number of carboxylic acid groups (broad SMARTS) is 1. The Balaban J connectivity index is 1.79. The number of hydrogen-bond acceptors (Lipinski definition) is 7. The number of carbonyl (C=O) groups is 2. The number of benzene rings is 3. The molecule has 3 aromatic rings. The fourth-order valence-electron chi connectivity index (χ4n) is 3.08. The lowest BCUT2D eigenvalue weighted by Gasteiger charge is -2.14. The molecule has 10 nitrogen and oxygen atoms in total. The van der Waals surface area contributed by atoms with E-state index in [1.54, 1.807) is 24.3 Å². The van der Waals surface area contributed by atoms with Crippen LogP contribution in [0.1, 0.15) is 21.5 Å². The second-order valence-corrected chi connectivity index (χ2v) is 8.11. The summed E-state index contributed by atoms with van der Waals surface area (Å²) in [6, 6.07) is 16.6. The molecule has 0 radical (unpaired) electrons. The van der Waals surface area contributed by atoms with Gasteiger partial charge in [0.2, 0.25) is 0 Å². The van der Waals surface area contributed by atoms with Crippen LogP contribution in [-0.4, -0.2) is 29.0 Å². The Kier molecular flexibility index (Phi) is 8.38. The molecule has 0 aliphatic heterocycles. The molecule has 2 N–H and O–H groups in total. The van der Waals surface area contributed by atoms with Gasteiger partial charge in [0, 0.05) is 17.8 Å². The van der Waals surface area contributed by atoms with Gasteiger partial charge >= 0.3 is 5.97 Å². The van der Waals surface area contributed by atoms with Crippen LogP contribution in [-0.2, 0) is 11.4 Å². The Morgan fingerprint density at radius 1 is 1.19 bits per heavy atom. The minimum Gasteiger partial charge on any atom is -0.493 e. The van der Waals surface area contributed by atoms with Crippen molar-refractivity contribution in [2.75, 3.05) is 12.4 Å². The Morgan fingerprint density at radius 3 is 2.53 bits per heavy atom. The number of rotatable bonds is 9. The van der Waals surface area contributed by atoms with Crippen LogP contribution in [0.25, 0.3) is 6.08 Å². The number of methoxy groups -OCH3 is 1. The molecule has 36 heavy (non-hydrogen) atoms. The molecule has 1 amide bonds. The summed E-state index contributed by atoms with van der Waals surface area (Å²) in [5.41, 5.74) is 1.15. The molecule has 11 heteroatoms. The summed E-state index contributed by atoms with van der Waals surface area (Å²) in [6.45, 7) is 0.114. The van der Waals surface area contributed by atoms with E-state index in [1.165, 1.54) is 49.6 Å². The summed E-state index contributed by atoms with van der Waals surface area (Å²) in [5.74, 6) is -1.17. The molecular weight excluding hydrogens is 534 g/mol. The number of aromatic carboxylic acids is 1. The van der Waals surface area contributed by atoms with Gasteiger partial charge in [0.1, 0.15) is 18.2 Å². The van der Waals surface area contributed by atoms with E-state index in [9.17, 15) is 25.0 Å². The number of ether oxygens (including phenoxy) is 2. The maximum Gasteiger partial charge on any atom is 0.335 e. The maximum atomic E-state index is 12.6. The number of nitrogens with zero attached hydrogens (tertiary/aromatic N) is 2. The van der Waals surface area contributed by atoms with Gasteiger partial charge in [-0.1, -0.05) is 6.07 Å². The first-order valence-electron chi connectivity index (χ1n) is 10.2. The summed E-state index contributed by atoms with van der Waals surface area (Å²) < 4.78 is 11.7. The zero-order chi connectivity index (χ0) is 26.2. The van der Waals surface area contributed by atoms with Gasteiger partial charge in [-0.2, -0.15) is 5.26 Å². The summed E-state index contributed by atoms with van der Waals surface area (Å²) in [6.07, 6.45) is 1.35. The maximum absolute atomic E-state index is 12.6. The van der Waals surface area contributed by atoms with E-state index in [0.717, 1.165) is 0 Å². The highest BCUT2D eigenvalue weighted by Crippen LogP contribution is 2.38. The molecule has 0 unspecified atom stereocenters. The molecule has 182 valence electrons. The number of amides is 1. The number of halogens is 1. The van der Waals surface area contributed by atoms with Crippen LogP contribution in [0.2, 0.25) is 0 Å². The minimum absolute atomic E-state index is 0.00623. The van der Waals surface area contributed by atoms with Gasteiger partial charge < -0.3 is 19.9 Å². The third-order valence-corrected chi connectivity index (χ3v) is 5.41. The van der Waals surface area contributed by atoms with Gasteiger partial charge in [-0.3, -0.25) is 14.9 Å². The predicted octanol–water partition coefficient (Wildman–Crippen LogP) is 5.19. The van der Waals surface area contributed by atoms with Crippen LogP contribution in [0, 0.1) is 21.4 Å². The summed E-state index contributed by atoms with van der Waals surface area (Å²) in [4.78, 5) is 34.0. The Bertz CT molecular complexity index is 1400. The van der Waals surface area contributed by atoms with E-state index in [4.69, 9.17) is 14.6 Å². The lowest BCUT2D eigenvalue weighted by atomic mass is 10.1. The van der Waals surface area contributed by atoms with E-state index >= 15 is 0 Å². The Labute approximate surface area is 213 Å². The van der Waals surface area contributed by atoms with E-state index in [0.29, 0.717) is 27.1 Å². The second kappa shape index (κ2) is 11.6. The van der Waals surface area contributed by atoms with E-state index in [-0.39, 0.29) is 29.1 Å². The number of nitrogens with one attached hydrogen (secondary N) is 1. The average Bonchev–Trinajstić information content (AvgIpc) is 2.86. The zero-order valence-corrected chi connectivity index (χ0v) is 20.3. The lowest BCUT2D eigenvalue weighted by Crippen LogP contribution is -2.14. The number of nitro groups is 1. The Morgan fingerprint density at radius 2 is 1.92 bits per heavy atom. The van der Waals surface area contributed by atoms with E-state index in [1.807, 2.05) is 6.07 Å². The fraction of sp³-hybridized carbons (Fsp3) is 0.0800. The van der Waals surface area contributed by atoms with Crippen molar-refractivity contribution in [3.8, 4) is 17.6 Å². The van der Waals surface area contributed by atoms with Crippen LogP contribution in [0.4, 0.5) is 11.4 Å². The van der Waals surface area contributed by atoms with Crippen molar-refractivity contribution in [3.63, 3.8) is 0 Å². The topological polar surface area (TPSA) is 152 Å². The van der Waals surface area contributed by atoms with Crippen LogP contribution < -0.4 is 14.8 Å². The number of carboxylic acids is 1. The highest BCUT2D eigenvalue weighted by atomic mass is 79.9. The summed E-state index contributed by atoms with van der Waals surface area (Å²) in [5, 5.41) is 31.9. The average molecular weight is 552 g/mol. The largest absolute Gasteiger partial charge is 0.493 e. The molecule has 0 saturated heterocycles. The lowest BCUT2D eigenvalue weighted by molar-refractivity contribution is -0.384. The molecule has 0 aromatic heterocycles. The zero-order valence-electron chi connectivity index (χ0n) is 18.7. The fourth-order valence-corrected chi connectivity index (χ4v) is 3.65. The first-order valence-corrected chi connectivity index (χ1v) is 11.0. The molecule has 0 aliphatic rings. The number of nitro benzene ring substituents is 1. The number of anilines is 1. The van der Waals surface area contributed by atoms with Gasteiger partial charge in [0.25, 0.3) is 11.6 Å². The van der Waals surface area contributed by atoms with Gasteiger partial charge in [-0.05, 0) is 75.6 Å². The normalized spacial score (nSPS) is 10.8. The van der Waals surface area contributed by atoms with E-state index < -0.39 is 16.8 Å². The highest BCUT2D eigenvalue weighted by molar-refractivity contribution is 9.10. The standard InChI is InChI=1S/C25H18BrN3O7/c1-35-22-11-16(9-18(13-27)24(30)28-19-4-2-3-17(12-19)25(31)32)10-21(26)23(22)36-14-15-5-7-20(8-6-15)29(33)34/h2-12H,14H2,1H3,(H,28,30)(H,31,32)/b18-9-. The molecule has 0 bridgehead atoms. The van der Waals surface area contributed by atoms with Gasteiger partial charge in [0.15, 0.2) is 11.5 Å². The Hall–Kier alpha value is -4.69. The third-order valence-electron chi connectivity index (χ3n) is 4.83. The van der Waals surface area contributed by atoms with Crippen molar-refractivity contribution in [1.82, 2.24) is 0 Å². The summed E-state index contributed by atoms with van der Waals surface area (Å²) in [7, 11) is 1.43. The van der Waals surface area contributed by atoms with E-state index in [2.05, 4.69) is 21.2 Å². The second-order valence-electron chi connectivity index (χ2n) is 7.26. The van der Waals surface area contributed by atoms with Gasteiger partial charge in [-0.15, -0.1) is 0 Å². The molecule has 0 atom stereocenters. The van der Waals surface area contributed by atoms with Crippen LogP contribution in [0.15, 0.2) is 70.7 Å². The molecule has 3 rings (SSSR count). The van der Waals surface area contributed by atoms with Crippen molar-refractivity contribution in [2.45, 2.75) is 6.61 Å². The number of non-ortho nitro benzene ring substituents is 1. The molecule has 3 aromatic carbocycles. The predicted molar refractivity (Wildman–Crippen MR) is 134 cm³/mol. The van der Waals surface area contributed by atoms with Crippen molar-refractivity contribution >= 4 is 45.3 Å². The van der Waals surface area contributed by atoms with Gasteiger partial charge in [-0.25, -0.2) is 4.79 Å². The van der Waals surface area contributed by atoms with Crippen molar-refractivity contribution in [3.05, 3.63) is 97.5 Å². The number of carbonyl (C=O) groups excluding carboxylic acids is 1. The first kappa shape index (κ1) is 25.9. The molecule has 0 aliphatic carbocycles. The van der Waals surface area contributed by atoms with Crippen molar-refractivity contribution in [1.29, 1.82) is 5.26 Å². The van der Waals surface area contributed by atoms with Crippen molar-refractivity contribution < 1.29 is 29.1 Å². The molecule has 0 spiro atoms. The van der Waals surface area contributed by atoms with Crippen LogP contribution in [0.5, 0.6) is 11.5 Å². The molecule has 0 fully saturated rings. The van der Waals surface area contributed by atoms with Crippen LogP contribution in [0.3, 0.4) is 0 Å². The number of nitriles is 1. The third kappa shape index (κ3) is 6.46. The quantitative estimate of drug-likeness (QED) is 0.159.